The van der Waals surface area contributed by atoms with Gasteiger partial charge in [-0.15, -0.1) is 0 Å². The number of aliphatic hydroxyl groups excluding tert-OH is 1. The van der Waals surface area contributed by atoms with Crippen molar-refractivity contribution in [3.8, 4) is 0 Å². The number of rotatable bonds is 8. The molecular formula is C10H17FN3O14P3. The molecule has 31 heavy (non-hydrogen) atoms. The fraction of sp³-hybridized carbons (Fsp3) is 0.600. The molecule has 178 valence electrons. The summed E-state index contributed by atoms with van der Waals surface area (Å²) in [5.41, 5.74) is 1.65. The summed E-state index contributed by atoms with van der Waals surface area (Å²) in [7, 11) is -17.3. The third-order valence-electron chi connectivity index (χ3n) is 3.71. The second kappa shape index (κ2) is 8.35. The zero-order chi connectivity index (χ0) is 24.0. The molecule has 8 N–H and O–H groups in total. The van der Waals surface area contributed by atoms with E-state index in [1.807, 2.05) is 0 Å². The van der Waals surface area contributed by atoms with Crippen LogP contribution in [0.2, 0.25) is 0 Å². The molecule has 0 spiro atoms. The van der Waals surface area contributed by atoms with Crippen LogP contribution in [0.3, 0.4) is 0 Å². The van der Waals surface area contributed by atoms with Crippen LogP contribution in [0, 0.1) is 0 Å². The number of hydrogen-bond donors (Lipinski definition) is 7. The molecule has 2 heterocycles. The minimum absolute atomic E-state index is 0.224. The van der Waals surface area contributed by atoms with Crippen LogP contribution in [-0.2, 0) is 31.6 Å². The minimum atomic E-state index is -5.87. The van der Waals surface area contributed by atoms with E-state index in [9.17, 15) is 33.6 Å². The average Bonchev–Trinajstić information content (AvgIpc) is 2.71. The lowest BCUT2D eigenvalue weighted by atomic mass is 9.95. The number of nitrogen functional groups attached to an aromatic ring is 1. The van der Waals surface area contributed by atoms with E-state index in [2.05, 4.69) is 18.1 Å². The fourth-order valence-electron chi connectivity index (χ4n) is 2.47. The Morgan fingerprint density at radius 2 is 1.84 bits per heavy atom. The Labute approximate surface area is 171 Å². The highest BCUT2D eigenvalue weighted by atomic mass is 31.3. The van der Waals surface area contributed by atoms with Crippen LogP contribution in [0.1, 0.15) is 13.2 Å². The third kappa shape index (κ3) is 6.24. The number of phosphoric acid groups is 3. The van der Waals surface area contributed by atoms with Crippen LogP contribution < -0.4 is 11.4 Å². The van der Waals surface area contributed by atoms with Gasteiger partial charge in [-0.25, -0.2) is 22.9 Å². The smallest absolute Gasteiger partial charge is 0.384 e. The van der Waals surface area contributed by atoms with Crippen LogP contribution in [0.25, 0.3) is 0 Å². The van der Waals surface area contributed by atoms with Gasteiger partial charge < -0.3 is 40.3 Å². The standard InChI is InChI=1S/C10H17FN3O14P3/c1-9(17)6(15)10(11,26-7(9)14-3-2-5(12)13-8(14)16)4-25-30(21,22)28-31(23,24)27-29(18,19)20/h2-3,6-7,15,17H,4H2,1H3,(H,21,22)(H,23,24)(H2,12,13,16)(H2,18,19,20)/t6-,7+,9+,10+/m0/s1. The summed E-state index contributed by atoms with van der Waals surface area (Å²) >= 11 is 0. The van der Waals surface area contributed by atoms with Crippen molar-refractivity contribution in [2.24, 2.45) is 0 Å². The summed E-state index contributed by atoms with van der Waals surface area (Å²) < 4.78 is 65.0. The monoisotopic (exact) mass is 515 g/mol. The Hall–Kier alpha value is -1.10. The quantitative estimate of drug-likeness (QED) is 0.194. The predicted octanol–water partition coefficient (Wildman–Crippen LogP) is -1.52. The van der Waals surface area contributed by atoms with E-state index in [1.54, 1.807) is 0 Å². The highest BCUT2D eigenvalue weighted by Gasteiger charge is 2.64. The number of anilines is 1. The first-order valence-electron chi connectivity index (χ1n) is 7.68. The molecule has 0 aromatic carbocycles. The molecular weight excluding hydrogens is 498 g/mol. The summed E-state index contributed by atoms with van der Waals surface area (Å²) in [4.78, 5) is 50.6. The summed E-state index contributed by atoms with van der Waals surface area (Å²) in [6, 6.07) is 1.08. The van der Waals surface area contributed by atoms with Gasteiger partial charge >= 0.3 is 29.2 Å². The Morgan fingerprint density at radius 1 is 1.26 bits per heavy atom. The highest BCUT2D eigenvalue weighted by molar-refractivity contribution is 7.66. The van der Waals surface area contributed by atoms with Crippen molar-refractivity contribution in [1.82, 2.24) is 9.55 Å². The van der Waals surface area contributed by atoms with Gasteiger partial charge in [-0.05, 0) is 13.0 Å². The summed E-state index contributed by atoms with van der Waals surface area (Å²) in [5, 5.41) is 20.5. The Morgan fingerprint density at radius 3 is 2.35 bits per heavy atom. The van der Waals surface area contributed by atoms with Gasteiger partial charge in [0.1, 0.15) is 24.1 Å². The van der Waals surface area contributed by atoms with Gasteiger partial charge in [0.2, 0.25) is 0 Å². The molecule has 6 atom stereocenters. The van der Waals surface area contributed by atoms with Crippen molar-refractivity contribution in [2.75, 3.05) is 12.3 Å². The molecule has 17 nitrogen and oxygen atoms in total. The van der Waals surface area contributed by atoms with E-state index in [1.165, 1.54) is 0 Å². The molecule has 1 aliphatic rings. The number of aliphatic hydroxyl groups is 2. The van der Waals surface area contributed by atoms with E-state index in [0.717, 1.165) is 19.2 Å². The minimum Gasteiger partial charge on any atom is -0.384 e. The van der Waals surface area contributed by atoms with Crippen molar-refractivity contribution in [1.29, 1.82) is 0 Å². The van der Waals surface area contributed by atoms with Crippen LogP contribution in [0.5, 0.6) is 0 Å². The summed E-state index contributed by atoms with van der Waals surface area (Å²) in [6.07, 6.45) is -3.52. The zero-order valence-corrected chi connectivity index (χ0v) is 17.8. The molecule has 0 radical (unpaired) electrons. The summed E-state index contributed by atoms with van der Waals surface area (Å²) in [5.74, 6) is -3.72. The first-order valence-corrected chi connectivity index (χ1v) is 12.2. The Bertz CT molecular complexity index is 1040. The number of nitrogens with two attached hydrogens (primary N) is 1. The molecule has 0 amide bonds. The van der Waals surface area contributed by atoms with Crippen LogP contribution >= 0.6 is 23.5 Å². The van der Waals surface area contributed by atoms with Crippen LogP contribution in [-0.4, -0.2) is 63.5 Å². The number of aromatic nitrogens is 2. The predicted molar refractivity (Wildman–Crippen MR) is 93.3 cm³/mol. The molecule has 1 aromatic heterocycles. The molecule has 21 heteroatoms. The molecule has 0 bridgehead atoms. The Kier molecular flexibility index (Phi) is 7.05. The lowest BCUT2D eigenvalue weighted by molar-refractivity contribution is -0.204. The first kappa shape index (κ1) is 26.2. The second-order valence-electron chi connectivity index (χ2n) is 6.29. The fourth-order valence-corrected chi connectivity index (χ4v) is 5.50. The van der Waals surface area contributed by atoms with Gasteiger partial charge in [0.25, 0.3) is 5.85 Å². The number of hydrogen-bond acceptors (Lipinski definition) is 12. The number of halogens is 1. The van der Waals surface area contributed by atoms with Crippen LogP contribution in [0.15, 0.2) is 17.1 Å². The van der Waals surface area contributed by atoms with Gasteiger partial charge in [-0.1, -0.05) is 0 Å². The molecule has 1 fully saturated rings. The number of phosphoric ester groups is 1. The van der Waals surface area contributed by atoms with Crippen molar-refractivity contribution in [3.63, 3.8) is 0 Å². The van der Waals surface area contributed by atoms with Crippen molar-refractivity contribution >= 4 is 29.3 Å². The zero-order valence-electron chi connectivity index (χ0n) is 15.2. The maximum Gasteiger partial charge on any atom is 0.490 e. The van der Waals surface area contributed by atoms with Crippen molar-refractivity contribution < 1.29 is 65.8 Å². The normalized spacial score (nSPS) is 33.0. The van der Waals surface area contributed by atoms with Gasteiger partial charge in [0.05, 0.1) is 0 Å². The van der Waals surface area contributed by atoms with Crippen molar-refractivity contribution in [2.45, 2.75) is 30.7 Å². The van der Waals surface area contributed by atoms with Gasteiger partial charge in [-0.2, -0.15) is 13.6 Å². The van der Waals surface area contributed by atoms with Gasteiger partial charge in [-0.3, -0.25) is 9.09 Å². The van der Waals surface area contributed by atoms with E-state index in [-0.39, 0.29) is 5.82 Å². The second-order valence-corrected chi connectivity index (χ2v) is 10.7. The molecule has 2 rings (SSSR count). The lowest BCUT2D eigenvalue weighted by Gasteiger charge is -2.27. The highest BCUT2D eigenvalue weighted by Crippen LogP contribution is 2.66. The molecule has 0 aliphatic carbocycles. The Balaban J connectivity index is 2.21. The van der Waals surface area contributed by atoms with E-state index < -0.39 is 59.6 Å². The molecule has 1 saturated heterocycles. The SMILES string of the molecule is C[C@]1(O)[C@H](n2ccc(N)nc2=O)O[C@](F)(COP(=O)(O)OP(=O)(O)OP(=O)(O)O)[C@H]1O. The maximum atomic E-state index is 15.1. The summed E-state index contributed by atoms with van der Waals surface area (Å²) in [6.45, 7) is -0.890. The van der Waals surface area contributed by atoms with Gasteiger partial charge in [0.15, 0.2) is 6.23 Å². The van der Waals surface area contributed by atoms with Crippen molar-refractivity contribution in [3.05, 3.63) is 22.7 Å². The maximum absolute atomic E-state index is 15.1. The molecule has 1 aliphatic heterocycles. The molecule has 1 aromatic rings. The van der Waals surface area contributed by atoms with E-state index in [4.69, 9.17) is 25.2 Å². The number of alkyl halides is 1. The van der Waals surface area contributed by atoms with E-state index in [0.29, 0.717) is 4.57 Å². The van der Waals surface area contributed by atoms with Gasteiger partial charge in [0, 0.05) is 6.20 Å². The first-order chi connectivity index (χ1) is 13.8. The molecule has 2 unspecified atom stereocenters. The third-order valence-corrected chi connectivity index (χ3v) is 7.50. The topological polar surface area (TPSA) is 270 Å². The lowest BCUT2D eigenvalue weighted by Crippen LogP contribution is -2.49. The van der Waals surface area contributed by atoms with Crippen LogP contribution in [0.4, 0.5) is 10.2 Å². The van der Waals surface area contributed by atoms with E-state index >= 15 is 4.39 Å². The average molecular weight is 515 g/mol. The largest absolute Gasteiger partial charge is 0.490 e. The number of ether oxygens (including phenoxy) is 1. The number of nitrogens with zero attached hydrogens (tertiary/aromatic N) is 2. The molecule has 0 saturated carbocycles.